The molecule has 0 bridgehead atoms. The summed E-state index contributed by atoms with van der Waals surface area (Å²) >= 11 is 6.95. The van der Waals surface area contributed by atoms with Gasteiger partial charge < -0.3 is 10.1 Å². The highest BCUT2D eigenvalue weighted by atomic mass is 79.9. The van der Waals surface area contributed by atoms with Crippen LogP contribution in [-0.2, 0) is 9.59 Å². The Bertz CT molecular complexity index is 656. The highest BCUT2D eigenvalue weighted by Gasteiger charge is 2.60. The van der Waals surface area contributed by atoms with Gasteiger partial charge in [-0.25, -0.2) is 0 Å². The zero-order valence-corrected chi connectivity index (χ0v) is 15.5. The number of nitrogens with zero attached hydrogens (tertiary/aromatic N) is 1. The zero-order valence-electron chi connectivity index (χ0n) is 12.3. The van der Waals surface area contributed by atoms with E-state index in [1.54, 1.807) is 14.2 Å². The Balaban J connectivity index is 2.17. The topological polar surface area (TPSA) is 58.6 Å². The van der Waals surface area contributed by atoms with E-state index in [0.29, 0.717) is 12.2 Å². The van der Waals surface area contributed by atoms with Crippen LogP contribution in [0, 0.1) is 0 Å². The van der Waals surface area contributed by atoms with Crippen molar-refractivity contribution in [3.8, 4) is 5.75 Å². The van der Waals surface area contributed by atoms with Gasteiger partial charge in [-0.2, -0.15) is 0 Å². The molecule has 1 aromatic carbocycles. The van der Waals surface area contributed by atoms with Crippen LogP contribution < -0.4 is 10.1 Å². The van der Waals surface area contributed by atoms with Gasteiger partial charge in [0.25, 0.3) is 0 Å². The average molecular weight is 432 g/mol. The Morgan fingerprint density at radius 2 is 2.05 bits per heavy atom. The maximum Gasteiger partial charge on any atom is 0.250 e. The van der Waals surface area contributed by atoms with Crippen molar-refractivity contribution in [2.45, 2.75) is 24.3 Å². The van der Waals surface area contributed by atoms with E-state index in [1.165, 1.54) is 4.90 Å². The number of methoxy groups -OCH3 is 1. The van der Waals surface area contributed by atoms with Crippen molar-refractivity contribution >= 4 is 43.7 Å². The van der Waals surface area contributed by atoms with Crippen molar-refractivity contribution in [2.24, 2.45) is 0 Å². The van der Waals surface area contributed by atoms with Crippen molar-refractivity contribution in [2.75, 3.05) is 20.7 Å². The first-order valence-corrected chi connectivity index (χ1v) is 8.61. The number of hydrogen-bond acceptors (Lipinski definition) is 4. The summed E-state index contributed by atoms with van der Waals surface area (Å²) in [5, 5.41) is 3.29. The third-order valence-corrected chi connectivity index (χ3v) is 5.83. The summed E-state index contributed by atoms with van der Waals surface area (Å²) in [7, 11) is 3.13. The molecular weight excluding hydrogens is 416 g/mol. The number of carbonyl (C=O) groups is 2. The molecule has 3 rings (SSSR count). The van der Waals surface area contributed by atoms with Gasteiger partial charge in [-0.05, 0) is 53.0 Å². The van der Waals surface area contributed by atoms with Crippen LogP contribution in [0.25, 0.3) is 0 Å². The van der Waals surface area contributed by atoms with Gasteiger partial charge in [0.05, 0.1) is 17.5 Å². The monoisotopic (exact) mass is 430 g/mol. The molecule has 2 atom stereocenters. The van der Waals surface area contributed by atoms with Gasteiger partial charge in [0, 0.05) is 11.5 Å². The quantitative estimate of drug-likeness (QED) is 0.730. The second-order valence-corrected chi connectivity index (χ2v) is 7.35. The fraction of sp³-hybridized carbons (Fsp3) is 0.467. The van der Waals surface area contributed by atoms with E-state index < -0.39 is 11.5 Å². The SMILES string of the molecule is COc1cc([C@H]2C(=O)N(C)C(=O)[C@]23CCCN3)c(Br)cc1Br. The van der Waals surface area contributed by atoms with Gasteiger partial charge >= 0.3 is 0 Å². The Labute approximate surface area is 145 Å². The minimum absolute atomic E-state index is 0.145. The van der Waals surface area contributed by atoms with Crippen molar-refractivity contribution < 1.29 is 14.3 Å². The van der Waals surface area contributed by atoms with E-state index in [2.05, 4.69) is 37.2 Å². The lowest BCUT2D eigenvalue weighted by molar-refractivity contribution is -0.138. The van der Waals surface area contributed by atoms with Crippen LogP contribution in [0.5, 0.6) is 5.75 Å². The Morgan fingerprint density at radius 1 is 1.32 bits per heavy atom. The van der Waals surface area contributed by atoms with Gasteiger partial charge in [-0.15, -0.1) is 0 Å². The van der Waals surface area contributed by atoms with E-state index in [-0.39, 0.29) is 11.8 Å². The van der Waals surface area contributed by atoms with Crippen molar-refractivity contribution in [3.63, 3.8) is 0 Å². The largest absolute Gasteiger partial charge is 0.496 e. The normalized spacial score (nSPS) is 28.0. The molecule has 0 aliphatic carbocycles. The minimum Gasteiger partial charge on any atom is -0.496 e. The van der Waals surface area contributed by atoms with Gasteiger partial charge in [0.15, 0.2) is 0 Å². The van der Waals surface area contributed by atoms with Crippen LogP contribution >= 0.6 is 31.9 Å². The van der Waals surface area contributed by atoms with Crippen LogP contribution in [0.2, 0.25) is 0 Å². The van der Waals surface area contributed by atoms with Crippen LogP contribution in [0.3, 0.4) is 0 Å². The number of halogens is 2. The number of ether oxygens (including phenoxy) is 1. The lowest BCUT2D eigenvalue weighted by Crippen LogP contribution is -2.50. The van der Waals surface area contributed by atoms with Gasteiger partial charge in [-0.1, -0.05) is 15.9 Å². The molecule has 2 aliphatic rings. The summed E-state index contributed by atoms with van der Waals surface area (Å²) in [6, 6.07) is 3.68. The summed E-state index contributed by atoms with van der Waals surface area (Å²) < 4.78 is 6.92. The molecule has 1 N–H and O–H groups in total. The molecule has 1 aromatic rings. The number of rotatable bonds is 2. The number of nitrogens with one attached hydrogen (secondary N) is 1. The molecule has 2 aliphatic heterocycles. The Morgan fingerprint density at radius 3 is 2.64 bits per heavy atom. The van der Waals surface area contributed by atoms with Crippen LogP contribution in [0.1, 0.15) is 24.3 Å². The Hall–Kier alpha value is -0.920. The third kappa shape index (κ3) is 2.13. The standard InChI is InChI=1S/C15H16Br2N2O3/c1-19-13(20)12(15(14(19)21)4-3-5-18-15)8-6-11(22-2)10(17)7-9(8)16/h6-7,12,18H,3-5H2,1-2H3/t12-,15-/m0/s1. The first-order valence-electron chi connectivity index (χ1n) is 7.02. The summed E-state index contributed by atoms with van der Waals surface area (Å²) in [6.45, 7) is 0.745. The maximum absolute atomic E-state index is 12.7. The maximum atomic E-state index is 12.7. The number of carbonyl (C=O) groups excluding carboxylic acids is 2. The number of likely N-dealkylation sites (tertiary alicyclic amines) is 1. The molecule has 2 heterocycles. The van der Waals surface area contributed by atoms with Crippen molar-refractivity contribution in [1.29, 1.82) is 0 Å². The van der Waals surface area contributed by atoms with Gasteiger partial charge in [0.2, 0.25) is 11.8 Å². The van der Waals surface area contributed by atoms with Gasteiger partial charge in [-0.3, -0.25) is 14.5 Å². The molecule has 2 fully saturated rings. The first kappa shape index (κ1) is 16.0. The molecule has 0 unspecified atom stereocenters. The molecule has 7 heteroatoms. The van der Waals surface area contributed by atoms with E-state index in [9.17, 15) is 9.59 Å². The molecule has 2 saturated heterocycles. The second kappa shape index (κ2) is 5.62. The fourth-order valence-electron chi connectivity index (χ4n) is 3.44. The molecular formula is C15H16Br2N2O3. The summed E-state index contributed by atoms with van der Waals surface area (Å²) in [6.07, 6.45) is 1.55. The number of amides is 2. The highest BCUT2D eigenvalue weighted by molar-refractivity contribution is 9.11. The van der Waals surface area contributed by atoms with E-state index in [1.807, 2.05) is 12.1 Å². The first-order chi connectivity index (χ1) is 10.4. The summed E-state index contributed by atoms with van der Waals surface area (Å²) in [4.78, 5) is 26.6. The molecule has 2 amide bonds. The Kier molecular flexibility index (Phi) is 4.07. The third-order valence-electron chi connectivity index (χ3n) is 4.53. The van der Waals surface area contributed by atoms with E-state index in [0.717, 1.165) is 27.5 Å². The molecule has 5 nitrogen and oxygen atoms in total. The highest BCUT2D eigenvalue weighted by Crippen LogP contribution is 2.46. The van der Waals surface area contributed by atoms with Crippen molar-refractivity contribution in [3.05, 3.63) is 26.6 Å². The smallest absolute Gasteiger partial charge is 0.250 e. The molecule has 0 aromatic heterocycles. The second-order valence-electron chi connectivity index (χ2n) is 5.65. The minimum atomic E-state index is -0.826. The zero-order chi connectivity index (χ0) is 16.1. The summed E-state index contributed by atoms with van der Waals surface area (Å²) in [5.74, 6) is -0.219. The summed E-state index contributed by atoms with van der Waals surface area (Å²) in [5.41, 5.74) is -0.0511. The number of hydrogen-bond donors (Lipinski definition) is 1. The van der Waals surface area contributed by atoms with Gasteiger partial charge in [0.1, 0.15) is 11.3 Å². The molecule has 1 spiro atoms. The van der Waals surface area contributed by atoms with E-state index in [4.69, 9.17) is 4.74 Å². The number of likely N-dealkylation sites (N-methyl/N-ethyl adjacent to an activating group) is 1. The van der Waals surface area contributed by atoms with Crippen LogP contribution in [0.15, 0.2) is 21.1 Å². The number of benzene rings is 1. The van der Waals surface area contributed by atoms with Crippen LogP contribution in [-0.4, -0.2) is 43.0 Å². The molecule has 22 heavy (non-hydrogen) atoms. The lowest BCUT2D eigenvalue weighted by Gasteiger charge is -2.28. The van der Waals surface area contributed by atoms with E-state index >= 15 is 0 Å². The average Bonchev–Trinajstić information content (AvgIpc) is 3.03. The predicted octanol–water partition coefficient (Wildman–Crippen LogP) is 2.42. The lowest BCUT2D eigenvalue weighted by atomic mass is 9.80. The van der Waals surface area contributed by atoms with Crippen molar-refractivity contribution in [1.82, 2.24) is 10.2 Å². The van der Waals surface area contributed by atoms with Crippen LogP contribution in [0.4, 0.5) is 0 Å². The fourth-order valence-corrected chi connectivity index (χ4v) is 4.83. The number of imide groups is 1. The molecule has 0 saturated carbocycles. The molecule has 118 valence electrons. The predicted molar refractivity (Wildman–Crippen MR) is 88.9 cm³/mol. The molecule has 0 radical (unpaired) electrons.